The van der Waals surface area contributed by atoms with Crippen LogP contribution in [0.1, 0.15) is 34.4 Å². The summed E-state index contributed by atoms with van der Waals surface area (Å²) >= 11 is 0. The van der Waals surface area contributed by atoms with E-state index < -0.39 is 0 Å². The average Bonchev–Trinajstić information content (AvgIpc) is 3.31. The van der Waals surface area contributed by atoms with Crippen LogP contribution in [0.5, 0.6) is 11.5 Å². The molecule has 0 unspecified atom stereocenters. The van der Waals surface area contributed by atoms with E-state index in [1.165, 1.54) is 5.56 Å². The summed E-state index contributed by atoms with van der Waals surface area (Å²) in [6, 6.07) is 24.5. The zero-order valence-electron chi connectivity index (χ0n) is 17.8. The monoisotopic (exact) mass is 422 g/mol. The van der Waals surface area contributed by atoms with Gasteiger partial charge in [0.15, 0.2) is 6.10 Å². The molecule has 32 heavy (non-hydrogen) atoms. The number of rotatable bonds is 3. The Morgan fingerprint density at radius 2 is 1.75 bits per heavy atom. The number of hydrogen-bond donors (Lipinski definition) is 1. The molecule has 6 nitrogen and oxygen atoms in total. The van der Waals surface area contributed by atoms with E-state index in [1.807, 2.05) is 41.1 Å². The highest BCUT2D eigenvalue weighted by Crippen LogP contribution is 2.51. The molecule has 0 fully saturated rings. The lowest BCUT2D eigenvalue weighted by Crippen LogP contribution is -2.32. The molecule has 0 saturated carbocycles. The van der Waals surface area contributed by atoms with Gasteiger partial charge in [-0.15, -0.1) is 0 Å². The summed E-state index contributed by atoms with van der Waals surface area (Å²) in [7, 11) is 1.69. The normalized spacial score (nSPS) is 18.7. The van der Waals surface area contributed by atoms with E-state index in [-0.39, 0.29) is 12.1 Å². The molecule has 1 aromatic heterocycles. The molecule has 2 atom stereocenters. The molecule has 0 bridgehead atoms. The quantitative estimate of drug-likeness (QED) is 0.494. The van der Waals surface area contributed by atoms with E-state index in [0.29, 0.717) is 5.95 Å². The number of nitrogens with zero attached hydrogens (tertiary/aromatic N) is 3. The molecule has 4 aromatic rings. The first-order valence-electron chi connectivity index (χ1n) is 10.6. The van der Waals surface area contributed by atoms with Gasteiger partial charge in [0.25, 0.3) is 0 Å². The molecule has 0 radical (unpaired) electrons. The number of ether oxygens (including phenoxy) is 2. The maximum atomic E-state index is 6.66. The second kappa shape index (κ2) is 7.27. The minimum Gasteiger partial charge on any atom is -0.496 e. The Balaban J connectivity index is 1.64. The van der Waals surface area contributed by atoms with Crippen molar-refractivity contribution in [1.82, 2.24) is 14.8 Å². The highest BCUT2D eigenvalue weighted by Gasteiger charge is 2.41. The van der Waals surface area contributed by atoms with Crippen molar-refractivity contribution in [3.8, 4) is 11.5 Å². The number of methoxy groups -OCH3 is 1. The van der Waals surface area contributed by atoms with Crippen LogP contribution >= 0.6 is 0 Å². The van der Waals surface area contributed by atoms with Gasteiger partial charge in [-0.25, -0.2) is 4.68 Å². The SMILES string of the molecule is COc1ccccc1[C@@H]1Oc2ccccc2C2=C1[C@H](c1ccc(C)cc1)n1ncnc1N2. The molecule has 0 saturated heterocycles. The second-order valence-corrected chi connectivity index (χ2v) is 8.03. The largest absolute Gasteiger partial charge is 0.496 e. The topological polar surface area (TPSA) is 61.2 Å². The molecule has 3 heterocycles. The first-order chi connectivity index (χ1) is 15.7. The van der Waals surface area contributed by atoms with Crippen LogP contribution in [0.15, 0.2) is 84.7 Å². The lowest BCUT2D eigenvalue weighted by Gasteiger charge is -2.39. The van der Waals surface area contributed by atoms with E-state index in [1.54, 1.807) is 13.4 Å². The molecule has 0 spiro atoms. The van der Waals surface area contributed by atoms with Crippen molar-refractivity contribution >= 4 is 11.6 Å². The maximum Gasteiger partial charge on any atom is 0.226 e. The van der Waals surface area contributed by atoms with Crippen molar-refractivity contribution < 1.29 is 9.47 Å². The molecule has 0 amide bonds. The number of anilines is 1. The Morgan fingerprint density at radius 1 is 0.969 bits per heavy atom. The molecular formula is C26H22N4O2. The zero-order chi connectivity index (χ0) is 21.7. The number of hydrogen-bond acceptors (Lipinski definition) is 5. The molecule has 0 aliphatic carbocycles. The average molecular weight is 422 g/mol. The van der Waals surface area contributed by atoms with Crippen molar-refractivity contribution in [2.45, 2.75) is 19.1 Å². The summed E-state index contributed by atoms with van der Waals surface area (Å²) in [4.78, 5) is 4.49. The summed E-state index contributed by atoms with van der Waals surface area (Å²) in [6.07, 6.45) is 1.24. The van der Waals surface area contributed by atoms with Gasteiger partial charge in [-0.05, 0) is 30.7 Å². The van der Waals surface area contributed by atoms with Crippen molar-refractivity contribution in [2.24, 2.45) is 0 Å². The fourth-order valence-electron chi connectivity index (χ4n) is 4.63. The second-order valence-electron chi connectivity index (χ2n) is 8.03. The summed E-state index contributed by atoms with van der Waals surface area (Å²) in [5, 5.41) is 8.11. The molecule has 6 heteroatoms. The Morgan fingerprint density at radius 3 is 2.59 bits per heavy atom. The van der Waals surface area contributed by atoms with Crippen molar-refractivity contribution in [3.63, 3.8) is 0 Å². The first kappa shape index (κ1) is 18.7. The van der Waals surface area contributed by atoms with E-state index in [2.05, 4.69) is 58.7 Å². The van der Waals surface area contributed by atoms with E-state index >= 15 is 0 Å². The third kappa shape index (κ3) is 2.80. The van der Waals surface area contributed by atoms with Crippen LogP contribution in [0, 0.1) is 6.92 Å². The van der Waals surface area contributed by atoms with Crippen LogP contribution < -0.4 is 14.8 Å². The Kier molecular flexibility index (Phi) is 4.24. The molecule has 2 aliphatic heterocycles. The van der Waals surface area contributed by atoms with Crippen LogP contribution in [-0.2, 0) is 0 Å². The van der Waals surface area contributed by atoms with Gasteiger partial charge in [-0.3, -0.25) is 0 Å². The number of fused-ring (bicyclic) bond motifs is 3. The van der Waals surface area contributed by atoms with Gasteiger partial charge in [0.2, 0.25) is 5.95 Å². The minimum atomic E-state index is -0.354. The number of aromatic nitrogens is 3. The summed E-state index contributed by atoms with van der Waals surface area (Å²) < 4.78 is 14.3. The van der Waals surface area contributed by atoms with Crippen molar-refractivity contribution in [2.75, 3.05) is 12.4 Å². The standard InChI is InChI=1S/C26H22N4O2/c1-16-11-13-17(14-12-16)24-22-23(29-26-27-15-28-30(24)26)18-7-3-6-10-21(18)32-25(22)19-8-4-5-9-20(19)31-2/h3-15,24-25H,1-2H3,(H,27,28,29)/t24-,25-/m0/s1. The van der Waals surface area contributed by atoms with E-state index in [9.17, 15) is 0 Å². The number of nitrogens with one attached hydrogen (secondary N) is 1. The van der Waals surface area contributed by atoms with Gasteiger partial charge in [-0.1, -0.05) is 60.2 Å². The van der Waals surface area contributed by atoms with Gasteiger partial charge in [0.05, 0.1) is 12.8 Å². The van der Waals surface area contributed by atoms with Crippen molar-refractivity contribution in [1.29, 1.82) is 0 Å². The fraction of sp³-hybridized carbons (Fsp3) is 0.154. The lowest BCUT2D eigenvalue weighted by molar-refractivity contribution is 0.217. The predicted molar refractivity (Wildman–Crippen MR) is 123 cm³/mol. The van der Waals surface area contributed by atoms with Gasteiger partial charge in [-0.2, -0.15) is 10.1 Å². The maximum absolute atomic E-state index is 6.66. The number of aryl methyl sites for hydroxylation is 1. The minimum absolute atomic E-state index is 0.174. The van der Waals surface area contributed by atoms with Gasteiger partial charge in [0.1, 0.15) is 23.9 Å². The summed E-state index contributed by atoms with van der Waals surface area (Å²) in [5.74, 6) is 2.32. The van der Waals surface area contributed by atoms with E-state index in [0.717, 1.165) is 39.5 Å². The molecule has 1 N–H and O–H groups in total. The Labute approximate surface area is 186 Å². The fourth-order valence-corrected chi connectivity index (χ4v) is 4.63. The van der Waals surface area contributed by atoms with Gasteiger partial charge < -0.3 is 14.8 Å². The third-order valence-corrected chi connectivity index (χ3v) is 6.14. The summed E-state index contributed by atoms with van der Waals surface area (Å²) in [5.41, 5.74) is 6.41. The van der Waals surface area contributed by atoms with Gasteiger partial charge >= 0.3 is 0 Å². The Bertz CT molecular complexity index is 1340. The van der Waals surface area contributed by atoms with Crippen LogP contribution in [0.3, 0.4) is 0 Å². The van der Waals surface area contributed by atoms with Crippen LogP contribution in [0.2, 0.25) is 0 Å². The Hall–Kier alpha value is -4.06. The number of para-hydroxylation sites is 2. The van der Waals surface area contributed by atoms with Crippen LogP contribution in [0.4, 0.5) is 5.95 Å². The molecule has 6 rings (SSSR count). The zero-order valence-corrected chi connectivity index (χ0v) is 17.8. The summed E-state index contributed by atoms with van der Waals surface area (Å²) in [6.45, 7) is 2.09. The van der Waals surface area contributed by atoms with Crippen LogP contribution in [0.25, 0.3) is 5.70 Å². The third-order valence-electron chi connectivity index (χ3n) is 6.14. The lowest BCUT2D eigenvalue weighted by atomic mass is 9.84. The van der Waals surface area contributed by atoms with E-state index in [4.69, 9.17) is 9.47 Å². The molecule has 3 aromatic carbocycles. The molecule has 158 valence electrons. The highest BCUT2D eigenvalue weighted by atomic mass is 16.5. The van der Waals surface area contributed by atoms with Crippen LogP contribution in [-0.4, -0.2) is 21.9 Å². The molecule has 2 aliphatic rings. The van der Waals surface area contributed by atoms with Crippen molar-refractivity contribution in [3.05, 3.63) is 107 Å². The predicted octanol–water partition coefficient (Wildman–Crippen LogP) is 5.16. The number of benzene rings is 3. The molecular weight excluding hydrogens is 400 g/mol. The first-order valence-corrected chi connectivity index (χ1v) is 10.6. The van der Waals surface area contributed by atoms with Gasteiger partial charge in [0, 0.05) is 16.7 Å². The highest BCUT2D eigenvalue weighted by molar-refractivity contribution is 5.85. The smallest absolute Gasteiger partial charge is 0.226 e.